The third-order valence-electron chi connectivity index (χ3n) is 10.2. The second-order valence-corrected chi connectivity index (χ2v) is 14.2. The number of rotatable bonds is 5. The molecule has 0 N–H and O–H groups in total. The summed E-state index contributed by atoms with van der Waals surface area (Å²) in [7, 11) is 0. The van der Waals surface area contributed by atoms with E-state index >= 15 is 0 Å². The first-order valence-corrected chi connectivity index (χ1v) is 18.0. The van der Waals surface area contributed by atoms with Gasteiger partial charge in [0.25, 0.3) is 0 Å². The minimum absolute atomic E-state index is 0.0163. The maximum atomic E-state index is 5.11. The zero-order valence-electron chi connectivity index (χ0n) is 27.3. The Balaban J connectivity index is 1.16. The molecule has 234 valence electrons. The van der Waals surface area contributed by atoms with Gasteiger partial charge in [-0.2, -0.15) is 0 Å². The lowest BCUT2D eigenvalue weighted by Crippen LogP contribution is -2.06. The highest BCUT2D eigenvalue weighted by Crippen LogP contribution is 2.43. The molecule has 50 heavy (non-hydrogen) atoms. The normalized spacial score (nSPS) is 12.3. The van der Waals surface area contributed by atoms with Crippen molar-refractivity contribution in [1.29, 1.82) is 0 Å². The van der Waals surface area contributed by atoms with Crippen LogP contribution in [0.4, 0.5) is 0 Å². The van der Waals surface area contributed by atoms with E-state index in [1.165, 1.54) is 85.9 Å². The maximum absolute atomic E-state index is 5.11. The lowest BCUT2D eigenvalue weighted by Gasteiger charge is -2.23. The van der Waals surface area contributed by atoms with E-state index in [4.69, 9.17) is 4.98 Å². The molecule has 10 rings (SSSR count). The zero-order valence-corrected chi connectivity index (χ0v) is 28.1. The lowest BCUT2D eigenvalue weighted by atomic mass is 9.80. The molecule has 1 atom stereocenters. The fourth-order valence-corrected chi connectivity index (χ4v) is 8.90. The van der Waals surface area contributed by atoms with E-state index in [1.54, 1.807) is 11.3 Å². The first-order chi connectivity index (χ1) is 24.8. The highest BCUT2D eigenvalue weighted by Gasteiger charge is 2.23. The summed E-state index contributed by atoms with van der Waals surface area (Å²) in [4.78, 5) is 6.31. The number of pyridine rings is 1. The molecule has 1 nitrogen and oxygen atoms in total. The van der Waals surface area contributed by atoms with Crippen LogP contribution in [0.25, 0.3) is 74.9 Å². The topological polar surface area (TPSA) is 12.9 Å². The van der Waals surface area contributed by atoms with E-state index in [2.05, 4.69) is 182 Å². The van der Waals surface area contributed by atoms with Crippen molar-refractivity contribution in [2.45, 2.75) is 5.92 Å². The van der Waals surface area contributed by atoms with Crippen LogP contribution in [-0.4, -0.2) is 4.98 Å². The average Bonchev–Trinajstić information content (AvgIpc) is 3.63. The number of aromatic nitrogens is 1. The van der Waals surface area contributed by atoms with Gasteiger partial charge in [-0.1, -0.05) is 146 Å². The summed E-state index contributed by atoms with van der Waals surface area (Å²) in [5.74, 6) is -0.0163. The van der Waals surface area contributed by atoms with Gasteiger partial charge in [0.1, 0.15) is 0 Å². The predicted octanol–water partition coefficient (Wildman–Crippen LogP) is 13.4. The Morgan fingerprint density at radius 3 is 1.64 bits per heavy atom. The molecule has 2 heteroatoms. The van der Waals surface area contributed by atoms with E-state index < -0.39 is 0 Å². The molecule has 8 aromatic carbocycles. The molecule has 2 heterocycles. The third-order valence-corrected chi connectivity index (χ3v) is 11.4. The SMILES string of the molecule is c1ccc2sc(-c3ccc(C(c4ccc(-c5cc6ccccc6c6ccccc56)cc4)c4c5ccccc5cc5ccccc45)cn3)cc2c1. The number of thiophene rings is 1. The molecule has 0 aliphatic heterocycles. The number of benzene rings is 8. The van der Waals surface area contributed by atoms with Crippen LogP contribution in [0.5, 0.6) is 0 Å². The van der Waals surface area contributed by atoms with Gasteiger partial charge in [-0.05, 0) is 107 Å². The molecule has 1 unspecified atom stereocenters. The molecule has 2 aromatic heterocycles. The molecule has 0 aliphatic rings. The van der Waals surface area contributed by atoms with Gasteiger partial charge in [0.05, 0.1) is 10.6 Å². The second kappa shape index (κ2) is 11.8. The van der Waals surface area contributed by atoms with Crippen LogP contribution in [0, 0.1) is 0 Å². The van der Waals surface area contributed by atoms with Crippen molar-refractivity contribution in [2.75, 3.05) is 0 Å². The van der Waals surface area contributed by atoms with Gasteiger partial charge in [-0.25, -0.2) is 0 Å². The van der Waals surface area contributed by atoms with Crippen molar-refractivity contribution >= 4 is 64.5 Å². The van der Waals surface area contributed by atoms with Crippen LogP contribution < -0.4 is 0 Å². The first-order valence-electron chi connectivity index (χ1n) is 17.1. The number of fused-ring (bicyclic) bond motifs is 6. The van der Waals surface area contributed by atoms with E-state index in [0.29, 0.717) is 0 Å². The summed E-state index contributed by atoms with van der Waals surface area (Å²) >= 11 is 1.80. The number of hydrogen-bond donors (Lipinski definition) is 0. The van der Waals surface area contributed by atoms with Crippen molar-refractivity contribution in [3.63, 3.8) is 0 Å². The van der Waals surface area contributed by atoms with Gasteiger partial charge in [0, 0.05) is 16.8 Å². The molecule has 10 aromatic rings. The van der Waals surface area contributed by atoms with Crippen LogP contribution in [0.1, 0.15) is 22.6 Å². The van der Waals surface area contributed by atoms with Gasteiger partial charge in [-0.15, -0.1) is 11.3 Å². The highest BCUT2D eigenvalue weighted by atomic mass is 32.1. The zero-order chi connectivity index (χ0) is 33.0. The Kier molecular flexibility index (Phi) is 6.82. The van der Waals surface area contributed by atoms with E-state index in [-0.39, 0.29) is 5.92 Å². The van der Waals surface area contributed by atoms with E-state index in [0.717, 1.165) is 5.69 Å². The Labute approximate surface area is 294 Å². The second-order valence-electron chi connectivity index (χ2n) is 13.1. The summed E-state index contributed by atoms with van der Waals surface area (Å²) in [6, 6.07) is 64.4. The van der Waals surface area contributed by atoms with Crippen LogP contribution in [0.15, 0.2) is 182 Å². The lowest BCUT2D eigenvalue weighted by molar-refractivity contribution is 0.985. The Morgan fingerprint density at radius 1 is 0.420 bits per heavy atom. The van der Waals surface area contributed by atoms with Gasteiger partial charge in [0.2, 0.25) is 0 Å². The molecule has 0 radical (unpaired) electrons. The molecular weight excluding hydrogens is 623 g/mol. The fraction of sp³-hybridized carbons (Fsp3) is 0.0208. The Bertz CT molecular complexity index is 2780. The first kappa shape index (κ1) is 28.9. The Morgan fingerprint density at radius 2 is 0.980 bits per heavy atom. The average molecular weight is 654 g/mol. The minimum Gasteiger partial charge on any atom is -0.255 e. The van der Waals surface area contributed by atoms with Crippen LogP contribution in [0.2, 0.25) is 0 Å². The fourth-order valence-electron chi connectivity index (χ4n) is 7.86. The quantitative estimate of drug-likeness (QED) is 0.133. The minimum atomic E-state index is -0.0163. The standard InChI is InChI=1S/C48H31NS/c1-5-15-38-35(13-1)28-43(42-19-9-8-18-41(38)42)31-21-23-32(24-22-31)47(48-39-16-6-2-11-33(39)27-34-12-3-7-17-40(34)48)37-25-26-44(49-30-37)46-29-36-14-4-10-20-45(36)50-46/h1-30,47H. The summed E-state index contributed by atoms with van der Waals surface area (Å²) in [6.07, 6.45) is 2.10. The largest absolute Gasteiger partial charge is 0.255 e. The predicted molar refractivity (Wildman–Crippen MR) is 214 cm³/mol. The number of hydrogen-bond acceptors (Lipinski definition) is 2. The molecule has 0 fully saturated rings. The summed E-state index contributed by atoms with van der Waals surface area (Å²) < 4.78 is 1.28. The highest BCUT2D eigenvalue weighted by molar-refractivity contribution is 7.22. The van der Waals surface area contributed by atoms with Crippen molar-refractivity contribution in [2.24, 2.45) is 0 Å². The van der Waals surface area contributed by atoms with Gasteiger partial charge in [-0.3, -0.25) is 4.98 Å². The van der Waals surface area contributed by atoms with Crippen molar-refractivity contribution in [1.82, 2.24) is 4.98 Å². The molecule has 0 aliphatic carbocycles. The summed E-state index contributed by atoms with van der Waals surface area (Å²) in [5, 5.41) is 11.4. The number of nitrogens with zero attached hydrogens (tertiary/aromatic N) is 1. The van der Waals surface area contributed by atoms with E-state index in [9.17, 15) is 0 Å². The Hall–Kier alpha value is -6.09. The molecule has 0 bridgehead atoms. The molecular formula is C48H31NS. The molecule has 0 amide bonds. The molecule has 0 saturated carbocycles. The maximum Gasteiger partial charge on any atom is 0.0802 e. The van der Waals surface area contributed by atoms with Gasteiger partial charge in [0.15, 0.2) is 0 Å². The van der Waals surface area contributed by atoms with Crippen molar-refractivity contribution in [3.8, 4) is 21.7 Å². The summed E-state index contributed by atoms with van der Waals surface area (Å²) in [5.41, 5.74) is 7.23. The van der Waals surface area contributed by atoms with Crippen LogP contribution in [0.3, 0.4) is 0 Å². The van der Waals surface area contributed by atoms with E-state index in [1.807, 2.05) is 0 Å². The van der Waals surface area contributed by atoms with Crippen molar-refractivity contribution < 1.29 is 0 Å². The summed E-state index contributed by atoms with van der Waals surface area (Å²) in [6.45, 7) is 0. The monoisotopic (exact) mass is 653 g/mol. The van der Waals surface area contributed by atoms with Crippen LogP contribution >= 0.6 is 11.3 Å². The van der Waals surface area contributed by atoms with Gasteiger partial charge >= 0.3 is 0 Å². The van der Waals surface area contributed by atoms with Crippen LogP contribution in [-0.2, 0) is 0 Å². The smallest absolute Gasteiger partial charge is 0.0802 e. The van der Waals surface area contributed by atoms with Gasteiger partial charge < -0.3 is 0 Å². The molecule has 0 saturated heterocycles. The third kappa shape index (κ3) is 4.80. The molecule has 0 spiro atoms. The van der Waals surface area contributed by atoms with Crippen molar-refractivity contribution in [3.05, 3.63) is 199 Å².